The zero-order valence-electron chi connectivity index (χ0n) is 19.6. The van der Waals surface area contributed by atoms with Crippen molar-refractivity contribution in [3.8, 4) is 0 Å². The van der Waals surface area contributed by atoms with E-state index in [1.165, 1.54) is 18.3 Å². The molecule has 0 aliphatic heterocycles. The normalized spacial score (nSPS) is 10.5. The molecule has 3 aromatic rings. The Bertz CT molecular complexity index is 1180. The Morgan fingerprint density at radius 3 is 2.80 bits per heavy atom. The molecule has 184 valence electrons. The van der Waals surface area contributed by atoms with Crippen LogP contribution in [0.3, 0.4) is 0 Å². The molecule has 0 atom stereocenters. The Labute approximate surface area is 209 Å². The van der Waals surface area contributed by atoms with E-state index < -0.39 is 0 Å². The molecule has 0 aliphatic rings. The number of likely N-dealkylation sites (N-methyl/N-ethyl adjacent to an activating group) is 1. The van der Waals surface area contributed by atoms with Crippen LogP contribution in [0, 0.1) is 5.82 Å². The minimum atomic E-state index is -0.358. The molecule has 8 nitrogen and oxygen atoms in total. The van der Waals surface area contributed by atoms with E-state index in [0.29, 0.717) is 54.1 Å². The number of carbonyl (C=O) groups excluding carboxylic acids is 1. The molecule has 3 N–H and O–H groups in total. The van der Waals surface area contributed by atoms with Crippen LogP contribution >= 0.6 is 11.6 Å². The van der Waals surface area contributed by atoms with Crippen LogP contribution in [0.2, 0.25) is 5.02 Å². The molecule has 3 rings (SSSR count). The van der Waals surface area contributed by atoms with Crippen LogP contribution in [0.25, 0.3) is 0 Å². The van der Waals surface area contributed by atoms with E-state index in [9.17, 15) is 9.18 Å². The number of carbonyl (C=O) groups is 1. The first-order chi connectivity index (χ1) is 16.9. The maximum absolute atomic E-state index is 14.8. The molecule has 0 fully saturated rings. The Morgan fingerprint density at radius 2 is 2.09 bits per heavy atom. The highest BCUT2D eigenvalue weighted by Gasteiger charge is 2.12. The fourth-order valence-corrected chi connectivity index (χ4v) is 3.47. The topological polar surface area (TPSA) is 91.4 Å². The molecular formula is C25H28ClFN6O2. The average molecular weight is 499 g/mol. The third-order valence-corrected chi connectivity index (χ3v) is 5.35. The van der Waals surface area contributed by atoms with Gasteiger partial charge in [-0.3, -0.25) is 4.79 Å². The molecule has 0 unspecified atom stereocenters. The maximum atomic E-state index is 14.8. The van der Waals surface area contributed by atoms with Crippen molar-refractivity contribution in [2.75, 3.05) is 47.7 Å². The zero-order chi connectivity index (χ0) is 25.2. The van der Waals surface area contributed by atoms with Crippen LogP contribution in [0.5, 0.6) is 0 Å². The number of hydrogen-bond donors (Lipinski definition) is 3. The highest BCUT2D eigenvalue weighted by molar-refractivity contribution is 6.32. The number of halogens is 2. The number of benzene rings is 2. The second-order valence-corrected chi connectivity index (χ2v) is 7.91. The average Bonchev–Trinajstić information content (AvgIpc) is 2.86. The van der Waals surface area contributed by atoms with E-state index in [-0.39, 0.29) is 17.7 Å². The van der Waals surface area contributed by atoms with E-state index in [0.717, 1.165) is 5.56 Å². The Hall–Kier alpha value is -3.69. The lowest BCUT2D eigenvalue weighted by Crippen LogP contribution is -2.27. The summed E-state index contributed by atoms with van der Waals surface area (Å²) >= 11 is 6.26. The summed E-state index contributed by atoms with van der Waals surface area (Å²) in [7, 11) is 1.62. The summed E-state index contributed by atoms with van der Waals surface area (Å²) in [6, 6.07) is 12.2. The molecular weight excluding hydrogens is 471 g/mol. The lowest BCUT2D eigenvalue weighted by Gasteiger charge is -2.23. The number of hydrogen-bond acceptors (Lipinski definition) is 7. The van der Waals surface area contributed by atoms with Crippen LogP contribution in [-0.2, 0) is 16.1 Å². The second kappa shape index (κ2) is 12.7. The van der Waals surface area contributed by atoms with Crippen molar-refractivity contribution >= 4 is 46.3 Å². The molecule has 35 heavy (non-hydrogen) atoms. The number of anilines is 5. The molecule has 2 aromatic carbocycles. The first kappa shape index (κ1) is 25.9. The first-order valence-electron chi connectivity index (χ1n) is 11.0. The molecule has 0 saturated heterocycles. The van der Waals surface area contributed by atoms with Gasteiger partial charge in [0.25, 0.3) is 0 Å². The van der Waals surface area contributed by atoms with E-state index in [4.69, 9.17) is 16.3 Å². The number of methoxy groups -OCH3 is 1. The second-order valence-electron chi connectivity index (χ2n) is 7.50. The third-order valence-electron chi connectivity index (χ3n) is 5.08. The van der Waals surface area contributed by atoms with Gasteiger partial charge < -0.3 is 25.6 Å². The SMILES string of the molecule is C=CC(=O)Nc1cccc(CNc2nc(Nc3ccc(N(CC)CCOC)c(F)c3)ncc2Cl)c1. The molecule has 1 amide bonds. The predicted octanol–water partition coefficient (Wildman–Crippen LogP) is 5.22. The lowest BCUT2D eigenvalue weighted by molar-refractivity contribution is -0.111. The van der Waals surface area contributed by atoms with Crippen molar-refractivity contribution in [2.24, 2.45) is 0 Å². The monoisotopic (exact) mass is 498 g/mol. The molecule has 1 heterocycles. The van der Waals surface area contributed by atoms with Gasteiger partial charge in [-0.15, -0.1) is 0 Å². The van der Waals surface area contributed by atoms with E-state index in [2.05, 4.69) is 32.5 Å². The van der Waals surface area contributed by atoms with Gasteiger partial charge in [-0.05, 0) is 48.9 Å². The van der Waals surface area contributed by atoms with Gasteiger partial charge in [0, 0.05) is 38.1 Å². The van der Waals surface area contributed by atoms with Crippen LogP contribution < -0.4 is 20.9 Å². The highest BCUT2D eigenvalue weighted by Crippen LogP contribution is 2.26. The molecule has 0 bridgehead atoms. The Morgan fingerprint density at radius 1 is 1.26 bits per heavy atom. The number of rotatable bonds is 12. The largest absolute Gasteiger partial charge is 0.383 e. The van der Waals surface area contributed by atoms with Crippen LogP contribution in [-0.4, -0.2) is 42.7 Å². The number of nitrogens with one attached hydrogen (secondary N) is 3. The Kier molecular flexibility index (Phi) is 9.39. The van der Waals surface area contributed by atoms with E-state index >= 15 is 0 Å². The quantitative estimate of drug-likeness (QED) is 0.295. The van der Waals surface area contributed by atoms with E-state index in [1.807, 2.05) is 30.0 Å². The van der Waals surface area contributed by atoms with Crippen LogP contribution in [0.4, 0.5) is 33.2 Å². The van der Waals surface area contributed by atoms with Crippen molar-refractivity contribution in [3.05, 3.63) is 77.7 Å². The summed E-state index contributed by atoms with van der Waals surface area (Å²) in [5, 5.41) is 9.24. The fourth-order valence-electron chi connectivity index (χ4n) is 3.31. The number of aromatic nitrogens is 2. The number of nitrogens with zero attached hydrogens (tertiary/aromatic N) is 3. The van der Waals surface area contributed by atoms with Gasteiger partial charge in [0.1, 0.15) is 10.8 Å². The molecule has 0 saturated carbocycles. The molecule has 0 aliphatic carbocycles. The zero-order valence-corrected chi connectivity index (χ0v) is 20.4. The van der Waals surface area contributed by atoms with Crippen molar-refractivity contribution in [3.63, 3.8) is 0 Å². The number of ether oxygens (including phenoxy) is 1. The summed E-state index contributed by atoms with van der Waals surface area (Å²) in [6.07, 6.45) is 2.68. The van der Waals surface area contributed by atoms with Crippen LogP contribution in [0.1, 0.15) is 12.5 Å². The summed E-state index contributed by atoms with van der Waals surface area (Å²) in [5.41, 5.74) is 2.57. The van der Waals surface area contributed by atoms with Crippen molar-refractivity contribution in [2.45, 2.75) is 13.5 Å². The lowest BCUT2D eigenvalue weighted by atomic mass is 10.2. The number of amides is 1. The van der Waals surface area contributed by atoms with Gasteiger partial charge >= 0.3 is 0 Å². The maximum Gasteiger partial charge on any atom is 0.247 e. The smallest absolute Gasteiger partial charge is 0.247 e. The van der Waals surface area contributed by atoms with Crippen molar-refractivity contribution in [1.29, 1.82) is 0 Å². The van der Waals surface area contributed by atoms with Gasteiger partial charge in [0.2, 0.25) is 11.9 Å². The molecule has 0 radical (unpaired) electrons. The van der Waals surface area contributed by atoms with Gasteiger partial charge in [0.15, 0.2) is 5.82 Å². The third kappa shape index (κ3) is 7.40. The minimum absolute atomic E-state index is 0.266. The molecule has 10 heteroatoms. The standard InChI is InChI=1S/C25H28ClFN6O2/c1-4-23(34)30-18-8-6-7-17(13-18)15-28-24-20(26)16-29-25(32-24)31-19-9-10-22(21(27)14-19)33(5-2)11-12-35-3/h4,6-10,13-14,16H,1,5,11-12,15H2,2-3H3,(H,30,34)(H2,28,29,31,32). The van der Waals surface area contributed by atoms with Crippen molar-refractivity contribution < 1.29 is 13.9 Å². The fraction of sp³-hybridized carbons (Fsp3) is 0.240. The van der Waals surface area contributed by atoms with Gasteiger partial charge in [0.05, 0.1) is 18.5 Å². The Balaban J connectivity index is 1.68. The first-order valence-corrected chi connectivity index (χ1v) is 11.4. The van der Waals surface area contributed by atoms with E-state index in [1.54, 1.807) is 25.3 Å². The summed E-state index contributed by atoms with van der Waals surface area (Å²) < 4.78 is 19.9. The summed E-state index contributed by atoms with van der Waals surface area (Å²) in [5.74, 6) is 0.0384. The molecule has 1 aromatic heterocycles. The summed E-state index contributed by atoms with van der Waals surface area (Å²) in [4.78, 5) is 22.0. The predicted molar refractivity (Wildman–Crippen MR) is 139 cm³/mol. The van der Waals surface area contributed by atoms with Gasteiger partial charge in [-0.1, -0.05) is 30.3 Å². The van der Waals surface area contributed by atoms with Crippen molar-refractivity contribution in [1.82, 2.24) is 9.97 Å². The molecule has 0 spiro atoms. The van der Waals surface area contributed by atoms with Crippen LogP contribution in [0.15, 0.2) is 61.3 Å². The van der Waals surface area contributed by atoms with Gasteiger partial charge in [-0.2, -0.15) is 4.98 Å². The van der Waals surface area contributed by atoms with Gasteiger partial charge in [-0.25, -0.2) is 9.37 Å². The highest BCUT2D eigenvalue weighted by atomic mass is 35.5. The summed E-state index contributed by atoms with van der Waals surface area (Å²) in [6.45, 7) is 7.58. The minimum Gasteiger partial charge on any atom is -0.383 e.